The summed E-state index contributed by atoms with van der Waals surface area (Å²) in [6.07, 6.45) is 1.64. The number of carbonyl (C=O) groups is 2. The smallest absolute Gasteiger partial charge is 0.293 e. The zero-order valence-corrected chi connectivity index (χ0v) is 17.4. The topological polar surface area (TPSA) is 151 Å². The van der Waals surface area contributed by atoms with Crippen LogP contribution in [0.2, 0.25) is 0 Å². The third-order valence-corrected chi connectivity index (χ3v) is 6.75. The largest absolute Gasteiger partial charge is 0.383 e. The van der Waals surface area contributed by atoms with Crippen LogP contribution in [0, 0.1) is 10.1 Å². The van der Waals surface area contributed by atoms with E-state index >= 15 is 0 Å². The highest BCUT2D eigenvalue weighted by Crippen LogP contribution is 2.25. The van der Waals surface area contributed by atoms with E-state index in [1.54, 1.807) is 0 Å². The molecular formula is C19H21N5O6S. The third kappa shape index (κ3) is 4.81. The van der Waals surface area contributed by atoms with Gasteiger partial charge in [-0.2, -0.15) is 4.31 Å². The van der Waals surface area contributed by atoms with Gasteiger partial charge in [-0.3, -0.25) is 30.6 Å². The van der Waals surface area contributed by atoms with Gasteiger partial charge in [0.15, 0.2) is 0 Å². The van der Waals surface area contributed by atoms with Gasteiger partial charge in [0.25, 0.3) is 17.5 Å². The maximum Gasteiger partial charge on any atom is 0.293 e. The van der Waals surface area contributed by atoms with Crippen LogP contribution in [0.5, 0.6) is 0 Å². The average molecular weight is 447 g/mol. The minimum absolute atomic E-state index is 0.0157. The standard InChI is InChI=1S/C19H21N5O6S/c1-20-16-9-6-14(12-17(16)24(27)28)19(26)22-21-18(25)13-4-7-15(8-5-13)31(29,30)23-10-2-3-11-23/h4-9,12,20H,2-3,10-11H2,1H3,(H,21,25)(H,22,26). The molecule has 1 aliphatic rings. The van der Waals surface area contributed by atoms with Crippen LogP contribution in [-0.4, -0.2) is 49.6 Å². The van der Waals surface area contributed by atoms with Gasteiger partial charge < -0.3 is 5.32 Å². The highest BCUT2D eigenvalue weighted by atomic mass is 32.2. The van der Waals surface area contributed by atoms with Crippen LogP contribution < -0.4 is 16.2 Å². The summed E-state index contributed by atoms with van der Waals surface area (Å²) in [6, 6.07) is 9.21. The number of hydrogen-bond donors (Lipinski definition) is 3. The molecule has 1 saturated heterocycles. The Morgan fingerprint density at radius 2 is 1.52 bits per heavy atom. The van der Waals surface area contributed by atoms with E-state index in [-0.39, 0.29) is 27.4 Å². The lowest BCUT2D eigenvalue weighted by atomic mass is 10.1. The lowest BCUT2D eigenvalue weighted by molar-refractivity contribution is -0.384. The molecule has 2 amide bonds. The molecule has 1 heterocycles. The maximum absolute atomic E-state index is 12.5. The Morgan fingerprint density at radius 3 is 2.06 bits per heavy atom. The summed E-state index contributed by atoms with van der Waals surface area (Å²) in [5, 5.41) is 13.8. The highest BCUT2D eigenvalue weighted by molar-refractivity contribution is 7.89. The lowest BCUT2D eigenvalue weighted by Crippen LogP contribution is -2.41. The van der Waals surface area contributed by atoms with Crippen LogP contribution in [0.25, 0.3) is 0 Å². The van der Waals surface area contributed by atoms with Crippen molar-refractivity contribution in [3.8, 4) is 0 Å². The molecule has 2 aromatic carbocycles. The van der Waals surface area contributed by atoms with Crippen molar-refractivity contribution in [2.45, 2.75) is 17.7 Å². The van der Waals surface area contributed by atoms with E-state index in [9.17, 15) is 28.1 Å². The van der Waals surface area contributed by atoms with E-state index in [0.717, 1.165) is 18.9 Å². The first-order valence-electron chi connectivity index (χ1n) is 9.41. The number of rotatable bonds is 6. The quantitative estimate of drug-likeness (QED) is 0.448. The molecule has 0 aromatic heterocycles. The second kappa shape index (κ2) is 9.10. The number of carbonyl (C=O) groups excluding carboxylic acids is 2. The summed E-state index contributed by atoms with van der Waals surface area (Å²) >= 11 is 0. The number of sulfonamides is 1. The lowest BCUT2D eigenvalue weighted by Gasteiger charge is -2.15. The van der Waals surface area contributed by atoms with Gasteiger partial charge in [-0.1, -0.05) is 0 Å². The van der Waals surface area contributed by atoms with Crippen molar-refractivity contribution in [3.63, 3.8) is 0 Å². The molecule has 3 N–H and O–H groups in total. The first kappa shape index (κ1) is 22.2. The molecule has 3 rings (SSSR count). The fraction of sp³-hybridized carbons (Fsp3) is 0.263. The van der Waals surface area contributed by atoms with E-state index in [1.807, 2.05) is 0 Å². The van der Waals surface area contributed by atoms with Crippen molar-refractivity contribution in [3.05, 3.63) is 63.7 Å². The SMILES string of the molecule is CNc1ccc(C(=O)NNC(=O)c2ccc(S(=O)(=O)N3CCCC3)cc2)cc1[N+](=O)[O-]. The Hall–Kier alpha value is -3.51. The Bertz CT molecular complexity index is 1110. The summed E-state index contributed by atoms with van der Waals surface area (Å²) in [5.41, 5.74) is 4.47. The van der Waals surface area contributed by atoms with Gasteiger partial charge in [-0.15, -0.1) is 0 Å². The highest BCUT2D eigenvalue weighted by Gasteiger charge is 2.27. The van der Waals surface area contributed by atoms with Crippen LogP contribution in [0.3, 0.4) is 0 Å². The number of nitrogens with one attached hydrogen (secondary N) is 3. The molecule has 31 heavy (non-hydrogen) atoms. The van der Waals surface area contributed by atoms with Crippen molar-refractivity contribution < 1.29 is 22.9 Å². The van der Waals surface area contributed by atoms with E-state index < -0.39 is 26.8 Å². The zero-order chi connectivity index (χ0) is 22.6. The van der Waals surface area contributed by atoms with Crippen molar-refractivity contribution >= 4 is 33.2 Å². The molecule has 164 valence electrons. The summed E-state index contributed by atoms with van der Waals surface area (Å²) in [6.45, 7) is 0.953. The van der Waals surface area contributed by atoms with Gasteiger partial charge >= 0.3 is 0 Å². The van der Waals surface area contributed by atoms with Gasteiger partial charge in [0.1, 0.15) is 5.69 Å². The molecule has 0 spiro atoms. The van der Waals surface area contributed by atoms with Gasteiger partial charge in [0, 0.05) is 37.3 Å². The predicted molar refractivity (Wildman–Crippen MR) is 112 cm³/mol. The normalized spacial score (nSPS) is 14.1. The number of nitrogens with zero attached hydrogens (tertiary/aromatic N) is 2. The molecule has 11 nitrogen and oxygen atoms in total. The molecule has 12 heteroatoms. The van der Waals surface area contributed by atoms with Crippen molar-refractivity contribution in [2.75, 3.05) is 25.5 Å². The summed E-state index contributed by atoms with van der Waals surface area (Å²) in [5.74, 6) is -1.41. The number of hydrazine groups is 1. The van der Waals surface area contributed by atoms with E-state index in [4.69, 9.17) is 0 Å². The second-order valence-corrected chi connectivity index (χ2v) is 8.72. The first-order valence-corrected chi connectivity index (χ1v) is 10.8. The van der Waals surface area contributed by atoms with E-state index in [1.165, 1.54) is 47.8 Å². The van der Waals surface area contributed by atoms with Crippen LogP contribution in [0.1, 0.15) is 33.6 Å². The zero-order valence-electron chi connectivity index (χ0n) is 16.6. The molecule has 0 radical (unpaired) electrons. The molecule has 0 unspecified atom stereocenters. The molecule has 0 aliphatic carbocycles. The number of nitro benzene ring substituents is 1. The van der Waals surface area contributed by atoms with Gasteiger partial charge in [0.05, 0.1) is 9.82 Å². The Balaban J connectivity index is 1.65. The molecule has 0 atom stereocenters. The Labute approximate surface area is 178 Å². The summed E-state index contributed by atoms with van der Waals surface area (Å²) < 4.78 is 26.5. The number of anilines is 1. The number of benzene rings is 2. The maximum atomic E-state index is 12.5. The Kier molecular flexibility index (Phi) is 6.51. The molecule has 1 fully saturated rings. The van der Waals surface area contributed by atoms with Gasteiger partial charge in [0.2, 0.25) is 10.0 Å². The third-order valence-electron chi connectivity index (χ3n) is 4.83. The first-order chi connectivity index (χ1) is 14.7. The van der Waals surface area contributed by atoms with Gasteiger partial charge in [-0.05, 0) is 49.2 Å². The monoisotopic (exact) mass is 447 g/mol. The molecular weight excluding hydrogens is 426 g/mol. The van der Waals surface area contributed by atoms with Crippen LogP contribution in [0.15, 0.2) is 47.4 Å². The fourth-order valence-corrected chi connectivity index (χ4v) is 4.67. The van der Waals surface area contributed by atoms with Crippen molar-refractivity contribution in [2.24, 2.45) is 0 Å². The average Bonchev–Trinajstić information content (AvgIpc) is 3.32. The summed E-state index contributed by atoms with van der Waals surface area (Å²) in [4.78, 5) is 35.1. The molecule has 1 aliphatic heterocycles. The summed E-state index contributed by atoms with van der Waals surface area (Å²) in [7, 11) is -2.07. The minimum Gasteiger partial charge on any atom is -0.383 e. The molecule has 0 saturated carbocycles. The predicted octanol–water partition coefficient (Wildman–Crippen LogP) is 1.50. The number of hydrogen-bond acceptors (Lipinski definition) is 7. The minimum atomic E-state index is -3.59. The number of nitro groups is 1. The van der Waals surface area contributed by atoms with E-state index in [2.05, 4.69) is 16.2 Å². The number of amides is 2. The fourth-order valence-electron chi connectivity index (χ4n) is 3.15. The molecule has 2 aromatic rings. The van der Waals surface area contributed by atoms with Crippen molar-refractivity contribution in [1.29, 1.82) is 0 Å². The van der Waals surface area contributed by atoms with E-state index in [0.29, 0.717) is 13.1 Å². The van der Waals surface area contributed by atoms with Crippen LogP contribution in [-0.2, 0) is 10.0 Å². The van der Waals surface area contributed by atoms with Gasteiger partial charge in [-0.25, -0.2) is 8.42 Å². The van der Waals surface area contributed by atoms with Crippen molar-refractivity contribution in [1.82, 2.24) is 15.2 Å². The van der Waals surface area contributed by atoms with Crippen LogP contribution >= 0.6 is 0 Å². The molecule has 0 bridgehead atoms. The Morgan fingerprint density at radius 1 is 0.968 bits per heavy atom. The van der Waals surface area contributed by atoms with Crippen LogP contribution in [0.4, 0.5) is 11.4 Å². The second-order valence-electron chi connectivity index (χ2n) is 6.78.